The molecule has 0 heterocycles. The number of hydrogen-bond acceptors (Lipinski definition) is 1. The molecule has 0 aliphatic heterocycles. The Bertz CT molecular complexity index is 655. The summed E-state index contributed by atoms with van der Waals surface area (Å²) >= 11 is 3.28. The van der Waals surface area contributed by atoms with E-state index in [9.17, 15) is 8.78 Å². The first kappa shape index (κ1) is 15.7. The summed E-state index contributed by atoms with van der Waals surface area (Å²) in [5, 5.41) is 0. The van der Waals surface area contributed by atoms with Gasteiger partial charge in [0.2, 0.25) is 0 Å². The first-order chi connectivity index (χ1) is 10.0. The van der Waals surface area contributed by atoms with Crippen molar-refractivity contribution in [3.63, 3.8) is 0 Å². The lowest BCUT2D eigenvalue weighted by Gasteiger charge is -2.17. The van der Waals surface area contributed by atoms with Gasteiger partial charge in [-0.15, -0.1) is 6.58 Å². The first-order valence-electron chi connectivity index (χ1n) is 6.54. The molecule has 0 fully saturated rings. The zero-order valence-corrected chi connectivity index (χ0v) is 13.2. The van der Waals surface area contributed by atoms with Crippen LogP contribution < -0.4 is 4.74 Å². The van der Waals surface area contributed by atoms with E-state index in [1.807, 2.05) is 6.92 Å². The van der Waals surface area contributed by atoms with E-state index >= 15 is 0 Å². The fourth-order valence-corrected chi connectivity index (χ4v) is 2.41. The van der Waals surface area contributed by atoms with Crippen molar-refractivity contribution in [1.29, 1.82) is 0 Å². The van der Waals surface area contributed by atoms with Crippen LogP contribution in [0.25, 0.3) is 11.1 Å². The molecule has 2 aromatic rings. The molecule has 0 aromatic heterocycles. The topological polar surface area (TPSA) is 9.23 Å². The van der Waals surface area contributed by atoms with Crippen LogP contribution in [0.15, 0.2) is 53.5 Å². The molecule has 0 spiro atoms. The van der Waals surface area contributed by atoms with Crippen LogP contribution in [0.2, 0.25) is 0 Å². The fourth-order valence-electron chi connectivity index (χ4n) is 2.05. The van der Waals surface area contributed by atoms with E-state index in [1.165, 1.54) is 12.1 Å². The third-order valence-corrected chi connectivity index (χ3v) is 3.49. The van der Waals surface area contributed by atoms with Crippen molar-refractivity contribution in [1.82, 2.24) is 0 Å². The van der Waals surface area contributed by atoms with Gasteiger partial charge in [-0.3, -0.25) is 0 Å². The average Bonchev–Trinajstić information content (AvgIpc) is 2.42. The van der Waals surface area contributed by atoms with Crippen molar-refractivity contribution in [3.05, 3.63) is 65.2 Å². The largest absolute Gasteiger partial charge is 0.490 e. The van der Waals surface area contributed by atoms with Gasteiger partial charge in [-0.25, -0.2) is 8.78 Å². The molecule has 110 valence electrons. The molecule has 4 heteroatoms. The summed E-state index contributed by atoms with van der Waals surface area (Å²) in [5.74, 6) is -0.693. The van der Waals surface area contributed by atoms with Crippen molar-refractivity contribution >= 4 is 15.9 Å². The van der Waals surface area contributed by atoms with Crippen LogP contribution in [-0.2, 0) is 0 Å². The Morgan fingerprint density at radius 2 is 2.00 bits per heavy atom. The maximum absolute atomic E-state index is 14.2. The number of rotatable bonds is 5. The van der Waals surface area contributed by atoms with E-state index < -0.39 is 11.6 Å². The molecular formula is C17H15BrF2O. The van der Waals surface area contributed by atoms with Gasteiger partial charge in [0.05, 0.1) is 11.7 Å². The zero-order valence-electron chi connectivity index (χ0n) is 11.6. The highest BCUT2D eigenvalue weighted by molar-refractivity contribution is 9.10. The smallest absolute Gasteiger partial charge is 0.134 e. The van der Waals surface area contributed by atoms with Crippen LogP contribution in [0, 0.1) is 11.6 Å². The Kier molecular flexibility index (Phi) is 5.12. The molecule has 0 saturated heterocycles. The number of ether oxygens (including phenoxy) is 1. The number of halogens is 3. The van der Waals surface area contributed by atoms with Crippen molar-refractivity contribution < 1.29 is 13.5 Å². The van der Waals surface area contributed by atoms with Crippen LogP contribution in [0.1, 0.15) is 13.3 Å². The highest BCUT2D eigenvalue weighted by Gasteiger charge is 2.17. The lowest BCUT2D eigenvalue weighted by Crippen LogP contribution is -2.11. The molecule has 2 rings (SSSR count). The molecule has 1 nitrogen and oxygen atoms in total. The van der Waals surface area contributed by atoms with E-state index in [1.54, 1.807) is 30.3 Å². The highest BCUT2D eigenvalue weighted by atomic mass is 79.9. The molecule has 0 radical (unpaired) electrons. The molecule has 0 unspecified atom stereocenters. The van der Waals surface area contributed by atoms with E-state index in [2.05, 4.69) is 22.5 Å². The summed E-state index contributed by atoms with van der Waals surface area (Å²) in [5.41, 5.74) is 0.301. The molecule has 2 aromatic carbocycles. The predicted octanol–water partition coefficient (Wildman–Crippen LogP) is 5.74. The Morgan fingerprint density at radius 3 is 2.71 bits per heavy atom. The standard InChI is InChI=1S/C17H15BrF2O/c1-3-5-11(2)21-16-7-4-6-15(20)17(16)13-10-12(18)8-9-14(13)19/h3-4,6-11H,1,5H2,2H3/t11-/m0/s1. The Hall–Kier alpha value is -1.68. The van der Waals surface area contributed by atoms with Crippen LogP contribution in [0.5, 0.6) is 5.75 Å². The summed E-state index contributed by atoms with van der Waals surface area (Å²) in [6, 6.07) is 8.88. The molecule has 0 amide bonds. The maximum Gasteiger partial charge on any atom is 0.134 e. The van der Waals surface area contributed by atoms with Crippen molar-refractivity contribution in [2.45, 2.75) is 19.4 Å². The van der Waals surface area contributed by atoms with Gasteiger partial charge in [-0.1, -0.05) is 28.1 Å². The summed E-state index contributed by atoms with van der Waals surface area (Å²) < 4.78 is 34.6. The minimum absolute atomic E-state index is 0.132. The second-order valence-electron chi connectivity index (χ2n) is 4.69. The molecule has 0 aliphatic rings. The van der Waals surface area contributed by atoms with Crippen molar-refractivity contribution in [3.8, 4) is 16.9 Å². The van der Waals surface area contributed by atoms with E-state index in [0.29, 0.717) is 16.6 Å². The predicted molar refractivity (Wildman–Crippen MR) is 84.4 cm³/mol. The molecular weight excluding hydrogens is 338 g/mol. The third kappa shape index (κ3) is 3.70. The van der Waals surface area contributed by atoms with Crippen LogP contribution >= 0.6 is 15.9 Å². The van der Waals surface area contributed by atoms with Gasteiger partial charge in [-0.05, 0) is 37.3 Å². The van der Waals surface area contributed by atoms with Crippen LogP contribution in [0.4, 0.5) is 8.78 Å². The first-order valence-corrected chi connectivity index (χ1v) is 7.33. The second kappa shape index (κ2) is 6.85. The molecule has 0 bridgehead atoms. The average molecular weight is 353 g/mol. The molecule has 21 heavy (non-hydrogen) atoms. The number of benzene rings is 2. The third-order valence-electron chi connectivity index (χ3n) is 3.00. The fraction of sp³-hybridized carbons (Fsp3) is 0.176. The van der Waals surface area contributed by atoms with Crippen molar-refractivity contribution in [2.75, 3.05) is 0 Å². The van der Waals surface area contributed by atoms with Gasteiger partial charge in [0.1, 0.15) is 17.4 Å². The Labute approximate surface area is 131 Å². The van der Waals surface area contributed by atoms with Gasteiger partial charge >= 0.3 is 0 Å². The minimum atomic E-state index is -0.518. The summed E-state index contributed by atoms with van der Waals surface area (Å²) in [4.78, 5) is 0. The normalized spacial score (nSPS) is 12.0. The number of hydrogen-bond donors (Lipinski definition) is 0. The van der Waals surface area contributed by atoms with E-state index in [4.69, 9.17) is 4.74 Å². The molecule has 0 aliphatic carbocycles. The molecule has 0 N–H and O–H groups in total. The lowest BCUT2D eigenvalue weighted by atomic mass is 10.0. The van der Waals surface area contributed by atoms with Gasteiger partial charge in [0.15, 0.2) is 0 Å². The summed E-state index contributed by atoms with van der Waals surface area (Å²) in [6.07, 6.45) is 2.18. The highest BCUT2D eigenvalue weighted by Crippen LogP contribution is 2.36. The second-order valence-corrected chi connectivity index (χ2v) is 5.61. The van der Waals surface area contributed by atoms with Gasteiger partial charge in [0.25, 0.3) is 0 Å². The minimum Gasteiger partial charge on any atom is -0.490 e. The van der Waals surface area contributed by atoms with Crippen LogP contribution in [-0.4, -0.2) is 6.10 Å². The maximum atomic E-state index is 14.2. The summed E-state index contributed by atoms with van der Waals surface area (Å²) in [7, 11) is 0. The lowest BCUT2D eigenvalue weighted by molar-refractivity contribution is 0.225. The SMILES string of the molecule is C=CC[C@H](C)Oc1cccc(F)c1-c1cc(Br)ccc1F. The zero-order chi connectivity index (χ0) is 15.4. The van der Waals surface area contributed by atoms with Crippen molar-refractivity contribution in [2.24, 2.45) is 0 Å². The van der Waals surface area contributed by atoms with Crippen LogP contribution in [0.3, 0.4) is 0 Å². The molecule has 1 atom stereocenters. The van der Waals surface area contributed by atoms with E-state index in [-0.39, 0.29) is 17.2 Å². The van der Waals surface area contributed by atoms with Gasteiger partial charge in [-0.2, -0.15) is 0 Å². The van der Waals surface area contributed by atoms with Gasteiger partial charge in [0, 0.05) is 16.5 Å². The molecule has 0 saturated carbocycles. The quantitative estimate of drug-likeness (QED) is 0.623. The monoisotopic (exact) mass is 352 g/mol. The van der Waals surface area contributed by atoms with Gasteiger partial charge < -0.3 is 4.74 Å². The summed E-state index contributed by atoms with van der Waals surface area (Å²) in [6.45, 7) is 5.50. The Morgan fingerprint density at radius 1 is 1.24 bits per heavy atom. The Balaban J connectivity index is 2.51. The van der Waals surface area contributed by atoms with E-state index in [0.717, 1.165) is 0 Å².